The minimum absolute atomic E-state index is 0.0417. The van der Waals surface area contributed by atoms with Gasteiger partial charge in [-0.3, -0.25) is 9.59 Å². The van der Waals surface area contributed by atoms with Crippen molar-refractivity contribution in [3.05, 3.63) is 0 Å². The Morgan fingerprint density at radius 2 is 1.81 bits per heavy atom. The topological polar surface area (TPSA) is 78.4 Å². The van der Waals surface area contributed by atoms with Crippen LogP contribution in [-0.2, 0) is 9.59 Å². The van der Waals surface area contributed by atoms with Crippen molar-refractivity contribution in [1.82, 2.24) is 10.6 Å². The fourth-order valence-corrected chi connectivity index (χ4v) is 2.01. The molecule has 16 heavy (non-hydrogen) atoms. The van der Waals surface area contributed by atoms with Gasteiger partial charge in [-0.2, -0.15) is 0 Å². The molecule has 0 aromatic heterocycles. The van der Waals surface area contributed by atoms with Crippen molar-refractivity contribution in [1.29, 1.82) is 0 Å². The van der Waals surface area contributed by atoms with Crippen LogP contribution in [0.25, 0.3) is 0 Å². The van der Waals surface area contributed by atoms with Crippen LogP contribution in [0.5, 0.6) is 0 Å². The molecule has 2 amide bonds. The van der Waals surface area contributed by atoms with Gasteiger partial charge in [0.05, 0.1) is 0 Å². The summed E-state index contributed by atoms with van der Waals surface area (Å²) >= 11 is 4.73. The summed E-state index contributed by atoms with van der Waals surface area (Å²) in [5.41, 5.74) is -1.16. The quantitative estimate of drug-likeness (QED) is 0.472. The standard InChI is InChI=1S/C10H16N2O3S/c1-2-3-4-10(5-6-13)7(14)11-9(16)12-8(10)15/h13H,2-6H2,1H3,(H2,11,12,14,15,16). The molecule has 6 heteroatoms. The van der Waals surface area contributed by atoms with E-state index in [1.54, 1.807) is 0 Å². The Kier molecular flexibility index (Phi) is 4.37. The average molecular weight is 244 g/mol. The summed E-state index contributed by atoms with van der Waals surface area (Å²) in [7, 11) is 0. The Morgan fingerprint density at radius 3 is 2.25 bits per heavy atom. The van der Waals surface area contributed by atoms with E-state index < -0.39 is 17.2 Å². The van der Waals surface area contributed by atoms with Crippen LogP contribution in [0.2, 0.25) is 0 Å². The minimum atomic E-state index is -1.16. The first-order valence-corrected chi connectivity index (χ1v) is 5.75. The predicted molar refractivity (Wildman–Crippen MR) is 62.5 cm³/mol. The molecule has 5 nitrogen and oxygen atoms in total. The van der Waals surface area contributed by atoms with Crippen LogP contribution in [-0.4, -0.2) is 28.6 Å². The number of nitrogens with one attached hydrogen (secondary N) is 2. The van der Waals surface area contributed by atoms with Crippen molar-refractivity contribution >= 4 is 29.1 Å². The van der Waals surface area contributed by atoms with Gasteiger partial charge in [-0.1, -0.05) is 19.8 Å². The third-order valence-corrected chi connectivity index (χ3v) is 3.02. The van der Waals surface area contributed by atoms with E-state index in [4.69, 9.17) is 17.3 Å². The van der Waals surface area contributed by atoms with E-state index in [-0.39, 0.29) is 18.1 Å². The number of carbonyl (C=O) groups is 2. The number of aliphatic hydroxyl groups is 1. The third kappa shape index (κ3) is 2.38. The lowest BCUT2D eigenvalue weighted by molar-refractivity contribution is -0.145. The number of carbonyl (C=O) groups excluding carboxylic acids is 2. The molecule has 0 aromatic carbocycles. The number of thiocarbonyl (C=S) groups is 1. The zero-order valence-corrected chi connectivity index (χ0v) is 10.0. The molecule has 1 aliphatic heterocycles. The van der Waals surface area contributed by atoms with Gasteiger partial charge < -0.3 is 15.7 Å². The molecule has 0 aliphatic carbocycles. The fraction of sp³-hybridized carbons (Fsp3) is 0.700. The van der Waals surface area contributed by atoms with Gasteiger partial charge in [0.2, 0.25) is 11.8 Å². The zero-order valence-electron chi connectivity index (χ0n) is 9.21. The van der Waals surface area contributed by atoms with Crippen molar-refractivity contribution in [2.75, 3.05) is 6.61 Å². The highest BCUT2D eigenvalue weighted by Gasteiger charge is 2.48. The van der Waals surface area contributed by atoms with E-state index >= 15 is 0 Å². The molecule has 1 rings (SSSR count). The number of amides is 2. The number of unbranched alkanes of at least 4 members (excludes halogenated alkanes) is 1. The van der Waals surface area contributed by atoms with E-state index in [0.717, 1.165) is 12.8 Å². The van der Waals surface area contributed by atoms with Crippen molar-refractivity contribution in [3.63, 3.8) is 0 Å². The lowest BCUT2D eigenvalue weighted by Gasteiger charge is -2.34. The van der Waals surface area contributed by atoms with Crippen molar-refractivity contribution in [2.45, 2.75) is 32.6 Å². The number of aliphatic hydroxyl groups excluding tert-OH is 1. The SMILES string of the molecule is CCCCC1(CCO)C(=O)NC(=S)NC1=O. The van der Waals surface area contributed by atoms with E-state index in [1.165, 1.54) is 0 Å². The third-order valence-electron chi connectivity index (χ3n) is 2.82. The molecule has 0 radical (unpaired) electrons. The number of rotatable bonds is 5. The maximum atomic E-state index is 11.9. The predicted octanol–water partition coefficient (Wildman–Crippen LogP) is 0.0763. The van der Waals surface area contributed by atoms with Crippen LogP contribution >= 0.6 is 12.2 Å². The second-order valence-electron chi connectivity index (χ2n) is 3.90. The van der Waals surface area contributed by atoms with Crippen LogP contribution in [0, 0.1) is 5.41 Å². The second kappa shape index (κ2) is 5.36. The molecule has 1 saturated heterocycles. The van der Waals surface area contributed by atoms with Crippen LogP contribution in [0.4, 0.5) is 0 Å². The summed E-state index contributed by atoms with van der Waals surface area (Å²) in [4.78, 5) is 23.7. The second-order valence-corrected chi connectivity index (χ2v) is 4.30. The Morgan fingerprint density at radius 1 is 1.25 bits per heavy atom. The maximum absolute atomic E-state index is 11.9. The molecule has 0 spiro atoms. The monoisotopic (exact) mass is 244 g/mol. The molecule has 90 valence electrons. The fourth-order valence-electron chi connectivity index (χ4n) is 1.83. The maximum Gasteiger partial charge on any atom is 0.241 e. The van der Waals surface area contributed by atoms with E-state index in [2.05, 4.69) is 10.6 Å². The van der Waals surface area contributed by atoms with Gasteiger partial charge in [0.1, 0.15) is 5.41 Å². The molecule has 0 bridgehead atoms. The lowest BCUT2D eigenvalue weighted by atomic mass is 9.77. The van der Waals surface area contributed by atoms with E-state index in [0.29, 0.717) is 6.42 Å². The van der Waals surface area contributed by atoms with E-state index in [9.17, 15) is 9.59 Å². The Labute approximate surface area is 99.6 Å². The highest BCUT2D eigenvalue weighted by molar-refractivity contribution is 7.80. The Hall–Kier alpha value is -1.01. The highest BCUT2D eigenvalue weighted by atomic mass is 32.1. The summed E-state index contributed by atoms with van der Waals surface area (Å²) in [6.45, 7) is 1.78. The Bertz CT molecular complexity index is 297. The summed E-state index contributed by atoms with van der Waals surface area (Å²) in [5.74, 6) is -0.799. The van der Waals surface area contributed by atoms with Crippen LogP contribution in [0.3, 0.4) is 0 Å². The van der Waals surface area contributed by atoms with Crippen LogP contribution in [0.15, 0.2) is 0 Å². The summed E-state index contributed by atoms with van der Waals surface area (Å²) in [5, 5.41) is 13.9. The first-order chi connectivity index (χ1) is 7.56. The van der Waals surface area contributed by atoms with Gasteiger partial charge in [0, 0.05) is 6.61 Å². The van der Waals surface area contributed by atoms with Crippen molar-refractivity contribution < 1.29 is 14.7 Å². The summed E-state index contributed by atoms with van der Waals surface area (Å²) in [6.07, 6.45) is 2.21. The van der Waals surface area contributed by atoms with Gasteiger partial charge in [0.25, 0.3) is 0 Å². The van der Waals surface area contributed by atoms with Gasteiger partial charge >= 0.3 is 0 Å². The first kappa shape index (κ1) is 13.1. The largest absolute Gasteiger partial charge is 0.396 e. The number of hydrogen-bond acceptors (Lipinski definition) is 4. The normalized spacial score (nSPS) is 19.2. The lowest BCUT2D eigenvalue weighted by Crippen LogP contribution is -2.62. The molecule has 0 aromatic rings. The molecular formula is C10H16N2O3S. The van der Waals surface area contributed by atoms with Gasteiger partial charge in [-0.25, -0.2) is 0 Å². The minimum Gasteiger partial charge on any atom is -0.396 e. The van der Waals surface area contributed by atoms with Gasteiger partial charge in [-0.15, -0.1) is 0 Å². The van der Waals surface area contributed by atoms with E-state index in [1.807, 2.05) is 6.92 Å². The van der Waals surface area contributed by atoms with Crippen molar-refractivity contribution in [2.24, 2.45) is 5.41 Å². The first-order valence-electron chi connectivity index (χ1n) is 5.34. The molecule has 0 atom stereocenters. The average Bonchev–Trinajstić information content (AvgIpc) is 2.22. The van der Waals surface area contributed by atoms with Crippen LogP contribution < -0.4 is 10.6 Å². The van der Waals surface area contributed by atoms with Crippen LogP contribution in [0.1, 0.15) is 32.6 Å². The zero-order chi connectivity index (χ0) is 12.2. The molecule has 1 heterocycles. The molecule has 0 unspecified atom stereocenters. The molecule has 0 saturated carbocycles. The Balaban J connectivity index is 2.92. The summed E-state index contributed by atoms with van der Waals surface area (Å²) in [6, 6.07) is 0. The molecule has 1 aliphatic rings. The van der Waals surface area contributed by atoms with Gasteiger partial charge in [-0.05, 0) is 25.1 Å². The highest BCUT2D eigenvalue weighted by Crippen LogP contribution is 2.31. The number of hydrogen-bond donors (Lipinski definition) is 3. The smallest absolute Gasteiger partial charge is 0.241 e. The summed E-state index contributed by atoms with van der Waals surface area (Å²) < 4.78 is 0. The van der Waals surface area contributed by atoms with Crippen molar-refractivity contribution in [3.8, 4) is 0 Å². The molecule has 3 N–H and O–H groups in total. The molecule has 1 fully saturated rings. The van der Waals surface area contributed by atoms with Gasteiger partial charge in [0.15, 0.2) is 5.11 Å². The molecular weight excluding hydrogens is 228 g/mol.